The van der Waals surface area contributed by atoms with Crippen molar-refractivity contribution in [2.45, 2.75) is 63.9 Å². The van der Waals surface area contributed by atoms with Gasteiger partial charge in [0.05, 0.1) is 0 Å². The van der Waals surface area contributed by atoms with E-state index in [2.05, 4.69) is 23.8 Å². The first-order valence-corrected chi connectivity index (χ1v) is 11.2. The lowest BCUT2D eigenvalue weighted by Crippen LogP contribution is -2.35. The van der Waals surface area contributed by atoms with E-state index in [0.29, 0.717) is 17.9 Å². The molecular weight excluding hydrogens is 404 g/mol. The van der Waals surface area contributed by atoms with E-state index in [9.17, 15) is 17.6 Å². The van der Waals surface area contributed by atoms with E-state index in [1.54, 1.807) is 12.1 Å². The minimum atomic E-state index is -2.85. The van der Waals surface area contributed by atoms with Crippen LogP contribution in [0, 0.1) is 23.5 Å². The van der Waals surface area contributed by atoms with Gasteiger partial charge in [-0.2, -0.15) is 8.78 Å². The van der Waals surface area contributed by atoms with Crippen LogP contribution in [0.3, 0.4) is 0 Å². The number of alkyl halides is 2. The Morgan fingerprint density at radius 1 is 1.06 bits per heavy atom. The van der Waals surface area contributed by atoms with Gasteiger partial charge in [-0.25, -0.2) is 8.78 Å². The molecule has 0 spiro atoms. The topological polar surface area (TPSA) is 9.23 Å². The second kappa shape index (κ2) is 9.46. The van der Waals surface area contributed by atoms with Crippen LogP contribution >= 0.6 is 0 Å². The van der Waals surface area contributed by atoms with Crippen LogP contribution in [0.25, 0.3) is 0 Å². The van der Waals surface area contributed by atoms with E-state index in [1.165, 1.54) is 6.07 Å². The standard InChI is InChI=1S/C26H28F4O/c1-2-3-4-5-16-8-11-20-22(13-12-21-23(20)14-18(27)15-24(21)28)25(16)17-6-9-19(10-7-17)31-26(29)30/h4-7,9-10,14-16,20,22,25-26H,2-3,8,11-13H2,1H3/t16-,20-,22+,25-/m1/s1. The lowest BCUT2D eigenvalue weighted by molar-refractivity contribution is -0.0498. The molecule has 0 saturated heterocycles. The number of unbranched alkanes of at least 4 members (excludes halogenated alkanes) is 1. The van der Waals surface area contributed by atoms with Crippen molar-refractivity contribution in [1.29, 1.82) is 0 Å². The van der Waals surface area contributed by atoms with Crippen LogP contribution in [0.2, 0.25) is 0 Å². The van der Waals surface area contributed by atoms with E-state index in [4.69, 9.17) is 0 Å². The number of halogens is 4. The molecule has 0 aromatic heterocycles. The lowest BCUT2D eigenvalue weighted by Gasteiger charge is -2.46. The Bertz CT molecular complexity index is 922. The predicted octanol–water partition coefficient (Wildman–Crippen LogP) is 7.76. The monoisotopic (exact) mass is 432 g/mol. The van der Waals surface area contributed by atoms with Crippen molar-refractivity contribution in [1.82, 2.24) is 0 Å². The van der Waals surface area contributed by atoms with Gasteiger partial charge in [0.15, 0.2) is 0 Å². The highest BCUT2D eigenvalue weighted by Gasteiger charge is 2.43. The fourth-order valence-corrected chi connectivity index (χ4v) is 5.65. The van der Waals surface area contributed by atoms with Gasteiger partial charge < -0.3 is 4.74 Å². The largest absolute Gasteiger partial charge is 0.435 e. The first-order chi connectivity index (χ1) is 15.0. The molecule has 1 fully saturated rings. The molecule has 4 rings (SSSR count). The highest BCUT2D eigenvalue weighted by atomic mass is 19.3. The van der Waals surface area contributed by atoms with Crippen molar-refractivity contribution in [3.8, 4) is 5.75 Å². The van der Waals surface area contributed by atoms with Gasteiger partial charge in [0, 0.05) is 6.07 Å². The molecule has 0 bridgehead atoms. The van der Waals surface area contributed by atoms with Gasteiger partial charge in [-0.3, -0.25) is 0 Å². The highest BCUT2D eigenvalue weighted by Crippen LogP contribution is 2.54. The van der Waals surface area contributed by atoms with Crippen molar-refractivity contribution in [2.75, 3.05) is 0 Å². The molecule has 2 aromatic carbocycles. The van der Waals surface area contributed by atoms with Gasteiger partial charge in [0.2, 0.25) is 0 Å². The van der Waals surface area contributed by atoms with Crippen molar-refractivity contribution in [2.24, 2.45) is 11.8 Å². The normalized spacial score (nSPS) is 25.5. The smallest absolute Gasteiger partial charge is 0.387 e. The number of hydrogen-bond acceptors (Lipinski definition) is 1. The number of benzene rings is 2. The molecular formula is C26H28F4O. The Labute approximate surface area is 181 Å². The maximum Gasteiger partial charge on any atom is 0.387 e. The molecule has 0 aliphatic heterocycles. The number of allylic oxidation sites excluding steroid dienone is 2. The summed E-state index contributed by atoms with van der Waals surface area (Å²) in [5, 5.41) is 0. The fourth-order valence-electron chi connectivity index (χ4n) is 5.65. The van der Waals surface area contributed by atoms with Gasteiger partial charge >= 0.3 is 6.61 Å². The summed E-state index contributed by atoms with van der Waals surface area (Å²) in [6.07, 6.45) is 9.85. The van der Waals surface area contributed by atoms with Crippen molar-refractivity contribution in [3.63, 3.8) is 0 Å². The molecule has 1 saturated carbocycles. The number of fused-ring (bicyclic) bond motifs is 3. The lowest BCUT2D eigenvalue weighted by atomic mass is 9.58. The molecule has 2 aliphatic rings. The second-order valence-corrected chi connectivity index (χ2v) is 8.70. The summed E-state index contributed by atoms with van der Waals surface area (Å²) in [5.74, 6) is 0.0200. The van der Waals surface area contributed by atoms with E-state index < -0.39 is 18.2 Å². The van der Waals surface area contributed by atoms with Gasteiger partial charge in [0.25, 0.3) is 0 Å². The average molecular weight is 433 g/mol. The summed E-state index contributed by atoms with van der Waals surface area (Å²) in [7, 11) is 0. The summed E-state index contributed by atoms with van der Waals surface area (Å²) < 4.78 is 58.1. The van der Waals surface area contributed by atoms with Crippen LogP contribution in [0.5, 0.6) is 5.75 Å². The molecule has 2 aromatic rings. The van der Waals surface area contributed by atoms with Gasteiger partial charge in [-0.1, -0.05) is 37.6 Å². The van der Waals surface area contributed by atoms with Crippen LogP contribution in [-0.4, -0.2) is 6.61 Å². The van der Waals surface area contributed by atoms with Gasteiger partial charge in [-0.05, 0) is 90.7 Å². The number of ether oxygens (including phenoxy) is 1. The van der Waals surface area contributed by atoms with Crippen LogP contribution in [0.1, 0.15) is 67.6 Å². The van der Waals surface area contributed by atoms with Crippen molar-refractivity contribution >= 4 is 0 Å². The van der Waals surface area contributed by atoms with Crippen LogP contribution < -0.4 is 4.74 Å². The Morgan fingerprint density at radius 2 is 1.84 bits per heavy atom. The SMILES string of the molecule is CCCC=C[C@@H]1CC[C@H]2c3cc(F)cc(F)c3CC[C@@H]2[C@H]1c1ccc(OC(F)F)cc1. The molecule has 31 heavy (non-hydrogen) atoms. The predicted molar refractivity (Wildman–Crippen MR) is 113 cm³/mol. The number of rotatable bonds is 6. The Hall–Kier alpha value is -2.30. The van der Waals surface area contributed by atoms with Crippen LogP contribution in [-0.2, 0) is 6.42 Å². The fraction of sp³-hybridized carbons (Fsp3) is 0.462. The molecule has 0 radical (unpaired) electrons. The maximum absolute atomic E-state index is 14.4. The minimum absolute atomic E-state index is 0.103. The zero-order valence-electron chi connectivity index (χ0n) is 17.7. The van der Waals surface area contributed by atoms with E-state index in [1.807, 2.05) is 12.1 Å². The Morgan fingerprint density at radius 3 is 2.55 bits per heavy atom. The summed E-state index contributed by atoms with van der Waals surface area (Å²) in [6, 6.07) is 9.42. The number of hydrogen-bond donors (Lipinski definition) is 0. The molecule has 2 aliphatic carbocycles. The molecule has 4 atom stereocenters. The third-order valence-electron chi connectivity index (χ3n) is 6.90. The zero-order valence-corrected chi connectivity index (χ0v) is 17.7. The molecule has 0 amide bonds. The van der Waals surface area contributed by atoms with E-state index >= 15 is 0 Å². The Balaban J connectivity index is 1.69. The van der Waals surface area contributed by atoms with Gasteiger partial charge in [-0.15, -0.1) is 0 Å². The highest BCUT2D eigenvalue weighted by molar-refractivity contribution is 5.39. The summed E-state index contributed by atoms with van der Waals surface area (Å²) >= 11 is 0. The molecule has 0 heterocycles. The second-order valence-electron chi connectivity index (χ2n) is 8.70. The van der Waals surface area contributed by atoms with Gasteiger partial charge in [0.1, 0.15) is 17.4 Å². The minimum Gasteiger partial charge on any atom is -0.435 e. The molecule has 0 unspecified atom stereocenters. The van der Waals surface area contributed by atoms with E-state index in [0.717, 1.165) is 49.3 Å². The van der Waals surface area contributed by atoms with Crippen LogP contribution in [0.4, 0.5) is 17.6 Å². The molecule has 5 heteroatoms. The first-order valence-electron chi connectivity index (χ1n) is 11.2. The summed E-state index contributed by atoms with van der Waals surface area (Å²) in [6.45, 7) is -0.712. The molecule has 166 valence electrons. The summed E-state index contributed by atoms with van der Waals surface area (Å²) in [5.41, 5.74) is 2.54. The van der Waals surface area contributed by atoms with E-state index in [-0.39, 0.29) is 23.5 Å². The average Bonchev–Trinajstić information content (AvgIpc) is 2.73. The Kier molecular flexibility index (Phi) is 6.68. The third-order valence-corrected chi connectivity index (χ3v) is 6.90. The zero-order chi connectivity index (χ0) is 22.0. The maximum atomic E-state index is 14.4. The van der Waals surface area contributed by atoms with Crippen molar-refractivity contribution < 1.29 is 22.3 Å². The molecule has 1 nitrogen and oxygen atoms in total. The van der Waals surface area contributed by atoms with Crippen molar-refractivity contribution in [3.05, 3.63) is 76.9 Å². The third kappa shape index (κ3) is 4.65. The van der Waals surface area contributed by atoms with Crippen LogP contribution in [0.15, 0.2) is 48.6 Å². The molecule has 0 N–H and O–H groups in total. The quantitative estimate of drug-likeness (QED) is 0.335. The first kappa shape index (κ1) is 21.9. The summed E-state index contributed by atoms with van der Waals surface area (Å²) in [4.78, 5) is 0.